The first kappa shape index (κ1) is 42.8. The molecule has 1 saturated heterocycles. The Bertz CT molecular complexity index is 2300. The van der Waals surface area contributed by atoms with Crippen LogP contribution >= 0.6 is 0 Å². The molecular weight excluding hydrogens is 805 g/mol. The molecule has 4 heterocycles. The number of nitrogens with one attached hydrogen (secondary N) is 3. The average molecular weight is 856 g/mol. The first-order valence-corrected chi connectivity index (χ1v) is 21.8. The van der Waals surface area contributed by atoms with E-state index in [0.717, 1.165) is 6.42 Å². The van der Waals surface area contributed by atoms with Crippen molar-refractivity contribution in [3.63, 3.8) is 0 Å². The van der Waals surface area contributed by atoms with E-state index in [1.165, 1.54) is 47.2 Å². The predicted octanol–water partition coefficient (Wildman–Crippen LogP) is 3.88. The Morgan fingerprint density at radius 2 is 1.92 bits per heavy atom. The number of ether oxygens (including phenoxy) is 3. The van der Waals surface area contributed by atoms with Crippen LogP contribution in [0.5, 0.6) is 17.4 Å². The summed E-state index contributed by atoms with van der Waals surface area (Å²) in [4.78, 5) is 62.6. The SMILES string of the molecule is COc1c(F)ccc2c(O[C@@H]3C[C@H]4C(=O)N[C@]5(C(=O)NS(=O)(=O)C6(C)CC6)C[C@H]5C=CCCCCC[C@H](NC(=O)c5ccn(CCF)n5)C(=O)N4C3)cc(OC(C)C)nc12. The van der Waals surface area contributed by atoms with Gasteiger partial charge < -0.3 is 29.7 Å². The van der Waals surface area contributed by atoms with E-state index in [-0.39, 0.29) is 67.0 Å². The zero-order chi connectivity index (χ0) is 43.0. The molecule has 0 radical (unpaired) electrons. The minimum Gasteiger partial charge on any atom is -0.491 e. The van der Waals surface area contributed by atoms with E-state index in [9.17, 15) is 36.4 Å². The standard InChI is InChI=1S/C41H51F2N7O9S/c1-24(2)58-33-21-32(27-12-13-28(43)35(57-4)34(27)45-33)59-26-20-31-37(52)46-41(39(54)48-60(55,56)40(3)15-16-40)22-25(41)10-8-6-5-7-9-11-30(38(53)50(31)23-26)44-36(51)29-14-18-49(47-29)19-17-42/h8,10,12-14,18,21,24-26,30-31H,5-7,9,11,15-17,19-20,22-23H2,1-4H3,(H,44,51)(H,46,52)(H,48,54)/t25-,26-,30+,31+,41-/m1/s1. The molecule has 5 atom stereocenters. The van der Waals surface area contributed by atoms with Crippen molar-refractivity contribution in [3.8, 4) is 17.4 Å². The summed E-state index contributed by atoms with van der Waals surface area (Å²) < 4.78 is 74.5. The number of halogens is 2. The molecule has 324 valence electrons. The summed E-state index contributed by atoms with van der Waals surface area (Å²) in [6, 6.07) is 3.27. The molecule has 4 aliphatic rings. The van der Waals surface area contributed by atoms with E-state index < -0.39 is 80.5 Å². The third kappa shape index (κ3) is 8.76. The first-order chi connectivity index (χ1) is 28.6. The van der Waals surface area contributed by atoms with Gasteiger partial charge in [-0.05, 0) is 77.5 Å². The Hall–Kier alpha value is -5.33. The summed E-state index contributed by atoms with van der Waals surface area (Å²) in [6.45, 7) is 4.25. The normalized spacial score (nSPS) is 25.4. The summed E-state index contributed by atoms with van der Waals surface area (Å²) in [5.74, 6) is -3.80. The largest absolute Gasteiger partial charge is 0.491 e. The summed E-state index contributed by atoms with van der Waals surface area (Å²) in [7, 11) is -2.75. The highest BCUT2D eigenvalue weighted by atomic mass is 32.2. The number of aryl methyl sites for hydroxylation is 1. The van der Waals surface area contributed by atoms with Gasteiger partial charge in [0, 0.05) is 30.0 Å². The molecule has 3 aromatic rings. The topological polar surface area (TPSA) is 200 Å². The van der Waals surface area contributed by atoms with Crippen molar-refractivity contribution >= 4 is 44.6 Å². The first-order valence-electron chi connectivity index (χ1n) is 20.3. The van der Waals surface area contributed by atoms with Gasteiger partial charge in [-0.1, -0.05) is 25.0 Å². The number of allylic oxidation sites excluding steroid dienone is 1. The summed E-state index contributed by atoms with van der Waals surface area (Å²) in [6.07, 6.45) is 7.68. The van der Waals surface area contributed by atoms with Gasteiger partial charge in [0.25, 0.3) is 11.8 Å². The van der Waals surface area contributed by atoms with Crippen LogP contribution in [0.15, 0.2) is 42.6 Å². The van der Waals surface area contributed by atoms with Crippen LogP contribution in [0, 0.1) is 11.7 Å². The number of alkyl halides is 1. The van der Waals surface area contributed by atoms with E-state index in [0.29, 0.717) is 37.5 Å². The number of methoxy groups -OCH3 is 1. The molecule has 3 fully saturated rings. The molecule has 7 rings (SSSR count). The molecule has 2 aliphatic heterocycles. The number of nitrogens with zero attached hydrogens (tertiary/aromatic N) is 4. The summed E-state index contributed by atoms with van der Waals surface area (Å²) in [5, 5.41) is 10.1. The van der Waals surface area contributed by atoms with E-state index in [4.69, 9.17) is 14.2 Å². The van der Waals surface area contributed by atoms with Crippen LogP contribution in [0.25, 0.3) is 10.9 Å². The second kappa shape index (κ2) is 17.0. The van der Waals surface area contributed by atoms with Crippen LogP contribution in [-0.2, 0) is 31.0 Å². The number of amides is 4. The van der Waals surface area contributed by atoms with Crippen molar-refractivity contribution in [1.29, 1.82) is 0 Å². The Kier molecular flexibility index (Phi) is 12.1. The van der Waals surface area contributed by atoms with Gasteiger partial charge in [0.1, 0.15) is 47.4 Å². The van der Waals surface area contributed by atoms with Crippen molar-refractivity contribution in [1.82, 2.24) is 35.0 Å². The number of sulfonamides is 1. The number of carbonyl (C=O) groups is 4. The molecule has 16 nitrogen and oxygen atoms in total. The molecule has 4 amide bonds. The van der Waals surface area contributed by atoms with Crippen molar-refractivity contribution in [2.24, 2.45) is 5.92 Å². The maximum absolute atomic E-state index is 14.9. The lowest BCUT2D eigenvalue weighted by Crippen LogP contribution is -2.58. The van der Waals surface area contributed by atoms with Crippen molar-refractivity contribution in [2.45, 2.75) is 120 Å². The Labute approximate surface area is 346 Å². The molecule has 60 heavy (non-hydrogen) atoms. The zero-order valence-electron chi connectivity index (χ0n) is 34.0. The van der Waals surface area contributed by atoms with Crippen LogP contribution in [0.3, 0.4) is 0 Å². The minimum atomic E-state index is -4.05. The van der Waals surface area contributed by atoms with Crippen LogP contribution in [0.1, 0.15) is 89.0 Å². The molecular formula is C41H51F2N7O9S. The van der Waals surface area contributed by atoms with Crippen molar-refractivity contribution in [2.75, 3.05) is 20.3 Å². The van der Waals surface area contributed by atoms with Gasteiger partial charge in [0.15, 0.2) is 11.6 Å². The van der Waals surface area contributed by atoms with Crippen LogP contribution in [0.4, 0.5) is 8.78 Å². The fourth-order valence-electron chi connectivity index (χ4n) is 7.83. The van der Waals surface area contributed by atoms with Gasteiger partial charge in [0.05, 0.1) is 31.1 Å². The number of pyridine rings is 1. The highest BCUT2D eigenvalue weighted by Crippen LogP contribution is 2.48. The maximum Gasteiger partial charge on any atom is 0.272 e. The monoisotopic (exact) mass is 855 g/mol. The molecule has 2 aliphatic carbocycles. The lowest BCUT2D eigenvalue weighted by atomic mass is 10.0. The Morgan fingerprint density at radius 3 is 2.63 bits per heavy atom. The molecule has 2 saturated carbocycles. The number of aromatic nitrogens is 3. The van der Waals surface area contributed by atoms with Crippen molar-refractivity contribution in [3.05, 3.63) is 54.1 Å². The number of hydrogen-bond acceptors (Lipinski definition) is 11. The average Bonchev–Trinajstić information content (AvgIpc) is 3.98. The van der Waals surface area contributed by atoms with Crippen LogP contribution < -0.4 is 29.6 Å². The third-order valence-electron chi connectivity index (χ3n) is 11.6. The van der Waals surface area contributed by atoms with Gasteiger partial charge in [0.2, 0.25) is 27.7 Å². The molecule has 0 bridgehead atoms. The molecule has 0 unspecified atom stereocenters. The van der Waals surface area contributed by atoms with E-state index in [2.05, 4.69) is 25.4 Å². The highest BCUT2D eigenvalue weighted by molar-refractivity contribution is 7.91. The van der Waals surface area contributed by atoms with Crippen LogP contribution in [0.2, 0.25) is 0 Å². The predicted molar refractivity (Wildman–Crippen MR) is 214 cm³/mol. The number of benzene rings is 1. The minimum absolute atomic E-state index is 0.0206. The van der Waals surface area contributed by atoms with E-state index in [1.54, 1.807) is 20.8 Å². The Balaban J connectivity index is 1.23. The molecule has 0 spiro atoms. The maximum atomic E-state index is 14.9. The van der Waals surface area contributed by atoms with Gasteiger partial charge in [-0.2, -0.15) is 5.10 Å². The van der Waals surface area contributed by atoms with Crippen molar-refractivity contribution < 1.29 is 50.6 Å². The molecule has 3 N–H and O–H groups in total. The van der Waals surface area contributed by atoms with Gasteiger partial charge in [-0.15, -0.1) is 0 Å². The van der Waals surface area contributed by atoms with Gasteiger partial charge in [-0.3, -0.25) is 28.6 Å². The molecule has 1 aromatic carbocycles. The smallest absolute Gasteiger partial charge is 0.272 e. The molecule has 2 aromatic heterocycles. The lowest BCUT2D eigenvalue weighted by molar-refractivity contribution is -0.141. The lowest BCUT2D eigenvalue weighted by Gasteiger charge is -2.30. The van der Waals surface area contributed by atoms with E-state index >= 15 is 0 Å². The fourth-order valence-corrected chi connectivity index (χ4v) is 9.15. The summed E-state index contributed by atoms with van der Waals surface area (Å²) in [5.41, 5.74) is -1.50. The second-order valence-corrected chi connectivity index (χ2v) is 18.7. The number of rotatable bonds is 12. The highest BCUT2D eigenvalue weighted by Gasteiger charge is 2.63. The van der Waals surface area contributed by atoms with Gasteiger partial charge in [-0.25, -0.2) is 22.2 Å². The fraction of sp³-hybridized carbons (Fsp3) is 0.561. The van der Waals surface area contributed by atoms with Crippen LogP contribution in [-0.4, -0.2) is 107 Å². The number of carbonyl (C=O) groups excluding carboxylic acids is 4. The number of fused-ring (bicyclic) bond motifs is 3. The number of hydrogen-bond donors (Lipinski definition) is 3. The van der Waals surface area contributed by atoms with Gasteiger partial charge >= 0.3 is 0 Å². The Morgan fingerprint density at radius 1 is 1.13 bits per heavy atom. The quantitative estimate of drug-likeness (QED) is 0.224. The molecule has 19 heteroatoms. The third-order valence-corrected chi connectivity index (χ3v) is 13.8. The second-order valence-electron chi connectivity index (χ2n) is 16.5. The zero-order valence-corrected chi connectivity index (χ0v) is 34.9. The summed E-state index contributed by atoms with van der Waals surface area (Å²) >= 11 is 0. The van der Waals surface area contributed by atoms with E-state index in [1.807, 2.05) is 12.2 Å².